The van der Waals surface area contributed by atoms with Crippen molar-refractivity contribution in [1.82, 2.24) is 10.6 Å². The van der Waals surface area contributed by atoms with E-state index in [4.69, 9.17) is 0 Å². The van der Waals surface area contributed by atoms with E-state index in [0.29, 0.717) is 0 Å². The van der Waals surface area contributed by atoms with Gasteiger partial charge in [0.15, 0.2) is 0 Å². The number of rotatable bonds is 0. The van der Waals surface area contributed by atoms with Crippen LogP contribution in [0.25, 0.3) is 0 Å². The van der Waals surface area contributed by atoms with Gasteiger partial charge >= 0.3 is 0 Å². The molecular weight excluding hydrogens is 88.1 g/mol. The van der Waals surface area contributed by atoms with Gasteiger partial charge in [-0.05, 0) is 0 Å². The van der Waals surface area contributed by atoms with Crippen molar-refractivity contribution in [2.75, 3.05) is 6.67 Å². The molecule has 0 amide bonds. The number of hydrogen-bond acceptors (Lipinski definition) is 2. The van der Waals surface area contributed by atoms with Crippen LogP contribution in [0.4, 0.5) is 0 Å². The second-order valence-corrected chi connectivity index (χ2v) is 0.918. The predicted octanol–water partition coefficient (Wildman–Crippen LogP) is 0.634. The van der Waals surface area contributed by atoms with Crippen LogP contribution in [0.2, 0.25) is 0 Å². The van der Waals surface area contributed by atoms with Gasteiger partial charge in [0.2, 0.25) is 0 Å². The summed E-state index contributed by atoms with van der Waals surface area (Å²) >= 11 is 0. The van der Waals surface area contributed by atoms with E-state index in [1.54, 1.807) is 0 Å². The number of nitrogens with one attached hydrogen (secondary N) is 2. The minimum atomic E-state index is 0.889. The van der Waals surface area contributed by atoms with Crippen LogP contribution >= 0.6 is 0 Å². The predicted molar refractivity (Wildman–Crippen MR) is 31.6 cm³/mol. The second kappa shape index (κ2) is 5.34. The highest BCUT2D eigenvalue weighted by Crippen LogP contribution is 1.65. The first-order valence-electron chi connectivity index (χ1n) is 2.62. The first kappa shape index (κ1) is 6.34. The standard InChI is InChI=1S/C3H6N2.C2H6/c1-2-5-3-4-1;1-2/h1-2,4-5H,3H2;1-2H3. The Labute approximate surface area is 44.6 Å². The maximum absolute atomic E-state index is 2.93. The molecule has 2 N–H and O–H groups in total. The molecule has 0 unspecified atom stereocenters. The Bertz CT molecular complexity index is 44.0. The third kappa shape index (κ3) is 3.16. The molecule has 2 heteroatoms. The van der Waals surface area contributed by atoms with Gasteiger partial charge in [0.1, 0.15) is 0 Å². The lowest BCUT2D eigenvalue weighted by atomic mass is 11.0. The SMILES string of the molecule is C1=CNCN1.CC. The lowest BCUT2D eigenvalue weighted by Crippen LogP contribution is -2.10. The van der Waals surface area contributed by atoms with Crippen molar-refractivity contribution < 1.29 is 0 Å². The molecule has 0 aromatic heterocycles. The zero-order valence-electron chi connectivity index (χ0n) is 4.86. The van der Waals surface area contributed by atoms with Crippen molar-refractivity contribution in [2.45, 2.75) is 13.8 Å². The summed E-state index contributed by atoms with van der Waals surface area (Å²) in [5.74, 6) is 0. The van der Waals surface area contributed by atoms with Crippen molar-refractivity contribution in [1.29, 1.82) is 0 Å². The maximum Gasteiger partial charge on any atom is 0.0840 e. The summed E-state index contributed by atoms with van der Waals surface area (Å²) in [5, 5.41) is 5.86. The lowest BCUT2D eigenvalue weighted by Gasteiger charge is -1.82. The molecule has 0 saturated carbocycles. The normalized spacial score (nSPS) is 13.4. The average molecular weight is 100 g/mol. The Hall–Kier alpha value is -0.660. The summed E-state index contributed by atoms with van der Waals surface area (Å²) in [4.78, 5) is 0. The van der Waals surface area contributed by atoms with E-state index < -0.39 is 0 Å². The highest BCUT2D eigenvalue weighted by molar-refractivity contribution is 4.82. The second-order valence-electron chi connectivity index (χ2n) is 0.918. The van der Waals surface area contributed by atoms with E-state index in [0.717, 1.165) is 6.67 Å². The van der Waals surface area contributed by atoms with Gasteiger partial charge in [-0.2, -0.15) is 0 Å². The molecule has 1 heterocycles. The van der Waals surface area contributed by atoms with Gasteiger partial charge in [-0.1, -0.05) is 13.8 Å². The van der Waals surface area contributed by atoms with Crippen molar-refractivity contribution in [3.63, 3.8) is 0 Å². The van der Waals surface area contributed by atoms with Crippen LogP contribution in [0.5, 0.6) is 0 Å². The smallest absolute Gasteiger partial charge is 0.0840 e. The van der Waals surface area contributed by atoms with Gasteiger partial charge in [0.25, 0.3) is 0 Å². The molecule has 1 rings (SSSR count). The maximum atomic E-state index is 2.93. The Morgan fingerprint density at radius 1 is 1.14 bits per heavy atom. The van der Waals surface area contributed by atoms with Crippen molar-refractivity contribution >= 4 is 0 Å². The molecule has 0 radical (unpaired) electrons. The molecule has 0 bridgehead atoms. The Morgan fingerprint density at radius 3 is 1.71 bits per heavy atom. The molecule has 1 aliphatic heterocycles. The Morgan fingerprint density at radius 2 is 1.57 bits per heavy atom. The van der Waals surface area contributed by atoms with Crippen LogP contribution in [0.3, 0.4) is 0 Å². The summed E-state index contributed by atoms with van der Waals surface area (Å²) in [5.41, 5.74) is 0. The first-order valence-corrected chi connectivity index (χ1v) is 2.62. The van der Waals surface area contributed by atoms with Crippen molar-refractivity contribution in [3.05, 3.63) is 12.4 Å². The van der Waals surface area contributed by atoms with E-state index in [-0.39, 0.29) is 0 Å². The van der Waals surface area contributed by atoms with Crippen LogP contribution in [0, 0.1) is 0 Å². The summed E-state index contributed by atoms with van der Waals surface area (Å²) in [6.07, 6.45) is 3.75. The zero-order chi connectivity index (χ0) is 5.54. The van der Waals surface area contributed by atoms with E-state index in [1.807, 2.05) is 26.2 Å². The molecule has 0 spiro atoms. The molecule has 0 fully saturated rings. The molecule has 0 atom stereocenters. The summed E-state index contributed by atoms with van der Waals surface area (Å²) in [7, 11) is 0. The van der Waals surface area contributed by atoms with Gasteiger partial charge in [-0.25, -0.2) is 0 Å². The molecule has 7 heavy (non-hydrogen) atoms. The molecule has 2 nitrogen and oxygen atoms in total. The van der Waals surface area contributed by atoms with Gasteiger partial charge in [-0.15, -0.1) is 0 Å². The largest absolute Gasteiger partial charge is 0.373 e. The fraction of sp³-hybridized carbons (Fsp3) is 0.600. The van der Waals surface area contributed by atoms with Crippen LogP contribution in [0.1, 0.15) is 13.8 Å². The highest BCUT2D eigenvalue weighted by atomic mass is 15.1. The van der Waals surface area contributed by atoms with E-state index in [2.05, 4.69) is 10.6 Å². The molecule has 0 aromatic rings. The van der Waals surface area contributed by atoms with E-state index in [9.17, 15) is 0 Å². The zero-order valence-corrected chi connectivity index (χ0v) is 4.86. The Balaban J connectivity index is 0.000000162. The molecule has 42 valence electrons. The molecule has 1 aliphatic rings. The van der Waals surface area contributed by atoms with Gasteiger partial charge < -0.3 is 10.6 Å². The van der Waals surface area contributed by atoms with E-state index >= 15 is 0 Å². The minimum Gasteiger partial charge on any atom is -0.373 e. The monoisotopic (exact) mass is 100 g/mol. The van der Waals surface area contributed by atoms with Gasteiger partial charge in [-0.3, -0.25) is 0 Å². The van der Waals surface area contributed by atoms with Crippen LogP contribution in [-0.2, 0) is 0 Å². The first-order chi connectivity index (χ1) is 3.50. The van der Waals surface area contributed by atoms with Gasteiger partial charge in [0.05, 0.1) is 6.67 Å². The van der Waals surface area contributed by atoms with Crippen molar-refractivity contribution in [2.24, 2.45) is 0 Å². The fourth-order valence-corrected chi connectivity index (χ4v) is 0.295. The quantitative estimate of drug-likeness (QED) is 0.466. The average Bonchev–Trinajstić information content (AvgIpc) is 2.23. The molecular formula is C5H12N2. The Kier molecular flexibility index (Phi) is 4.84. The topological polar surface area (TPSA) is 24.1 Å². The minimum absolute atomic E-state index is 0.889. The molecule has 0 saturated heterocycles. The molecule has 0 aliphatic carbocycles. The third-order valence-electron chi connectivity index (χ3n) is 0.523. The third-order valence-corrected chi connectivity index (χ3v) is 0.523. The molecule has 0 aromatic carbocycles. The van der Waals surface area contributed by atoms with Crippen LogP contribution in [0.15, 0.2) is 12.4 Å². The fourth-order valence-electron chi connectivity index (χ4n) is 0.295. The highest BCUT2D eigenvalue weighted by Gasteiger charge is 1.77. The van der Waals surface area contributed by atoms with Gasteiger partial charge in [0, 0.05) is 12.4 Å². The van der Waals surface area contributed by atoms with Crippen molar-refractivity contribution in [3.8, 4) is 0 Å². The summed E-state index contributed by atoms with van der Waals surface area (Å²) < 4.78 is 0. The number of hydrogen-bond donors (Lipinski definition) is 2. The van der Waals surface area contributed by atoms with Crippen LogP contribution < -0.4 is 10.6 Å². The summed E-state index contributed by atoms with van der Waals surface area (Å²) in [6, 6.07) is 0. The van der Waals surface area contributed by atoms with E-state index in [1.165, 1.54) is 0 Å². The summed E-state index contributed by atoms with van der Waals surface area (Å²) in [6.45, 7) is 4.89. The van der Waals surface area contributed by atoms with Crippen LogP contribution in [-0.4, -0.2) is 6.67 Å². The lowest BCUT2D eigenvalue weighted by molar-refractivity contribution is 0.836.